The van der Waals surface area contributed by atoms with Gasteiger partial charge in [-0.3, -0.25) is 24.1 Å². The Morgan fingerprint density at radius 3 is 1.51 bits per heavy atom. The van der Waals surface area contributed by atoms with Gasteiger partial charge in [0, 0.05) is 230 Å². The van der Waals surface area contributed by atoms with Gasteiger partial charge in [-0.15, -0.1) is 0 Å². The van der Waals surface area contributed by atoms with E-state index in [0.29, 0.717) is 32.4 Å². The number of nitrogens with zero attached hydrogens (tertiary/aromatic N) is 8. The van der Waals surface area contributed by atoms with E-state index in [-0.39, 0.29) is 36.5 Å². The summed E-state index contributed by atoms with van der Waals surface area (Å²) in [6, 6.07) is 68.0. The third-order valence-electron chi connectivity index (χ3n) is 23.7. The zero-order valence-corrected chi connectivity index (χ0v) is 77.4. The maximum atomic E-state index is 12.6. The second-order valence-corrected chi connectivity index (χ2v) is 35.7. The van der Waals surface area contributed by atoms with Crippen molar-refractivity contribution in [3.05, 3.63) is 233 Å². The predicted molar refractivity (Wildman–Crippen MR) is 518 cm³/mol. The van der Waals surface area contributed by atoms with Gasteiger partial charge in [-0.1, -0.05) is 85.3 Å². The molecule has 125 heavy (non-hydrogen) atoms. The molecule has 11 aromatic rings. The number of nitrogens with two attached hydrogens (primary N) is 1. The first-order valence-corrected chi connectivity index (χ1v) is 46.7. The minimum absolute atomic E-state index is 0. The van der Waals surface area contributed by atoms with Crippen LogP contribution in [-0.4, -0.2) is 125 Å². The number of hydrogen-bond acceptors (Lipinski definition) is 13. The van der Waals surface area contributed by atoms with E-state index in [4.69, 9.17) is 10.8 Å². The summed E-state index contributed by atoms with van der Waals surface area (Å²) in [5.74, 6) is -0.271. The molecular weight excluding hydrogens is 1610 g/mol. The van der Waals surface area contributed by atoms with E-state index in [1.165, 1.54) is 136 Å². The average molecular weight is 1750 g/mol. The van der Waals surface area contributed by atoms with Crippen LogP contribution in [0, 0.1) is 0 Å². The molecule has 14 rings (SSSR count). The summed E-state index contributed by atoms with van der Waals surface area (Å²) in [6.07, 6.45) is 28.4. The molecule has 1 atom stereocenters. The molecule has 0 saturated carbocycles. The summed E-state index contributed by atoms with van der Waals surface area (Å²) in [5, 5.41) is 30.1. The lowest BCUT2D eigenvalue weighted by molar-refractivity contribution is -0.754. The van der Waals surface area contributed by atoms with Crippen molar-refractivity contribution in [2.45, 2.75) is 177 Å². The zero-order chi connectivity index (χ0) is 87.3. The SMILES string of the molecule is CN(C)c1ccc2cc3ccc(N(C)C)cc3[n+](CCCCCC(=O)NCCCCCNC(=O)CCCCCN3C=C/C(=C4\Sc5ccccc5[NH+]4C)c4ccccc43)c2c1.CN1C(=Cc2cc[n+](CCCCCC(=O)O)c3ccccc23)Sc2ccccc21.CNCc1ccc2cc3ccc(N(C)C)cc3[n+](CCCCCC(=O)NCCCCCN)c2c1.[Cl-]. The maximum absolute atomic E-state index is 12.6. The normalized spacial score (nSPS) is 14.0. The monoisotopic (exact) mass is 1740 g/mol. The molecule has 22 heteroatoms. The van der Waals surface area contributed by atoms with Crippen LogP contribution >= 0.6 is 23.5 Å². The Morgan fingerprint density at radius 1 is 0.488 bits per heavy atom. The number of carbonyl (C=O) groups is 4. The van der Waals surface area contributed by atoms with Crippen LogP contribution in [0.3, 0.4) is 0 Å². The molecule has 8 N–H and O–H groups in total. The van der Waals surface area contributed by atoms with Crippen molar-refractivity contribution in [3.8, 4) is 0 Å². The molecule has 0 fully saturated rings. The van der Waals surface area contributed by atoms with E-state index >= 15 is 0 Å². The van der Waals surface area contributed by atoms with Crippen LogP contribution in [0.15, 0.2) is 226 Å². The third-order valence-corrected chi connectivity index (χ3v) is 26.2. The van der Waals surface area contributed by atoms with Crippen molar-refractivity contribution in [3.63, 3.8) is 0 Å². The van der Waals surface area contributed by atoms with Crippen molar-refractivity contribution in [2.75, 3.05) is 121 Å². The van der Waals surface area contributed by atoms with Gasteiger partial charge in [0.05, 0.1) is 33.6 Å². The van der Waals surface area contributed by atoms with Gasteiger partial charge in [0.15, 0.2) is 16.9 Å². The summed E-state index contributed by atoms with van der Waals surface area (Å²) in [4.78, 5) is 63.0. The van der Waals surface area contributed by atoms with E-state index in [1.807, 2.05) is 18.8 Å². The van der Waals surface area contributed by atoms with E-state index in [2.05, 4.69) is 328 Å². The van der Waals surface area contributed by atoms with Crippen LogP contribution in [0.2, 0.25) is 0 Å². The Hall–Kier alpha value is -10.5. The minimum atomic E-state index is -0.711. The molecule has 660 valence electrons. The molecule has 0 bridgehead atoms. The first kappa shape index (κ1) is 95.1. The summed E-state index contributed by atoms with van der Waals surface area (Å²) in [5.41, 5.74) is 24.2. The number of allylic oxidation sites excluding steroid dienone is 2. The number of pyridine rings is 3. The van der Waals surface area contributed by atoms with Crippen LogP contribution < -0.4 is 82.5 Å². The fourth-order valence-corrected chi connectivity index (χ4v) is 19.1. The fourth-order valence-electron chi connectivity index (χ4n) is 16.7. The number of unbranched alkanes of at least 4 members (excludes halogenated alkanes) is 12. The Balaban J connectivity index is 0.000000200. The van der Waals surface area contributed by atoms with Crippen molar-refractivity contribution in [1.82, 2.24) is 21.3 Å². The molecule has 3 aliphatic heterocycles. The van der Waals surface area contributed by atoms with Gasteiger partial charge < -0.3 is 69.0 Å². The molecule has 0 radical (unpaired) electrons. The van der Waals surface area contributed by atoms with Gasteiger partial charge in [-0.05, 0) is 217 Å². The number of para-hydroxylation sites is 4. The second kappa shape index (κ2) is 48.3. The van der Waals surface area contributed by atoms with Gasteiger partial charge in [0.2, 0.25) is 45.3 Å². The number of nitrogens with one attached hydrogen (secondary N) is 5. The Labute approximate surface area is 756 Å². The van der Waals surface area contributed by atoms with Gasteiger partial charge in [-0.25, -0.2) is 0 Å². The summed E-state index contributed by atoms with van der Waals surface area (Å²) < 4.78 is 7.20. The third kappa shape index (κ3) is 26.3. The topological polar surface area (TPSA) is 195 Å². The molecule has 3 aliphatic rings. The molecule has 0 spiro atoms. The van der Waals surface area contributed by atoms with Crippen molar-refractivity contribution in [1.29, 1.82) is 0 Å². The highest BCUT2D eigenvalue weighted by Crippen LogP contribution is 2.46. The van der Waals surface area contributed by atoms with Crippen LogP contribution in [0.25, 0.3) is 66.2 Å². The highest BCUT2D eigenvalue weighted by atomic mass is 35.5. The molecule has 19 nitrogen and oxygen atoms in total. The van der Waals surface area contributed by atoms with E-state index in [0.717, 1.165) is 161 Å². The summed E-state index contributed by atoms with van der Waals surface area (Å²) in [7, 11) is 18.8. The van der Waals surface area contributed by atoms with Crippen molar-refractivity contribution in [2.24, 2.45) is 5.73 Å². The van der Waals surface area contributed by atoms with Gasteiger partial charge >= 0.3 is 5.97 Å². The first-order valence-electron chi connectivity index (χ1n) is 45.1. The van der Waals surface area contributed by atoms with Crippen LogP contribution in [0.1, 0.15) is 158 Å². The highest BCUT2D eigenvalue weighted by Gasteiger charge is 2.33. The molecule has 1 unspecified atom stereocenters. The van der Waals surface area contributed by atoms with E-state index in [1.54, 1.807) is 11.8 Å². The number of quaternary nitrogens is 1. The van der Waals surface area contributed by atoms with Gasteiger partial charge in [0.1, 0.15) is 19.6 Å². The Kier molecular flexibility index (Phi) is 36.7. The van der Waals surface area contributed by atoms with Gasteiger partial charge in [0.25, 0.3) is 0 Å². The number of anilines is 5. The predicted octanol–water partition coefficient (Wildman–Crippen LogP) is 14.8. The lowest BCUT2D eigenvalue weighted by atomic mass is 10.00. The molecule has 3 aromatic heterocycles. The van der Waals surface area contributed by atoms with Crippen molar-refractivity contribution < 1.29 is 55.3 Å². The number of carboxylic acids is 1. The largest absolute Gasteiger partial charge is 1.00 e. The summed E-state index contributed by atoms with van der Waals surface area (Å²) in [6.45, 7) is 7.40. The van der Waals surface area contributed by atoms with E-state index < -0.39 is 5.97 Å². The number of benzene rings is 8. The average Bonchev–Trinajstić information content (AvgIpc) is 1.69. The van der Waals surface area contributed by atoms with Gasteiger partial charge in [-0.2, -0.15) is 13.7 Å². The van der Waals surface area contributed by atoms with E-state index in [9.17, 15) is 19.2 Å². The fraction of sp³-hybridized carbons (Fsp3) is 0.388. The molecule has 3 amide bonds. The lowest BCUT2D eigenvalue weighted by Gasteiger charge is -2.28. The number of fused-ring (bicyclic) bond motifs is 8. The zero-order valence-electron chi connectivity index (χ0n) is 75.1. The minimum Gasteiger partial charge on any atom is -1.00 e. The lowest BCUT2D eigenvalue weighted by Crippen LogP contribution is -3.00. The number of amides is 3. The van der Waals surface area contributed by atoms with Crippen LogP contribution in [0.5, 0.6) is 0 Å². The molecule has 0 saturated heterocycles. The quantitative estimate of drug-likeness (QED) is 0.0109. The molecular formula is C103H132ClN14O5S2+3. The molecule has 6 heterocycles. The number of carbonyl (C=O) groups excluding carboxylic acids is 3. The number of hydrogen-bond donors (Lipinski definition) is 7. The Morgan fingerprint density at radius 2 is 0.968 bits per heavy atom. The smallest absolute Gasteiger partial charge is 0.303 e. The number of thioether (sulfide) groups is 2. The number of halogens is 1. The number of rotatable bonds is 41. The molecule has 8 aromatic carbocycles. The Bertz CT molecular complexity index is 5510. The van der Waals surface area contributed by atoms with Crippen molar-refractivity contribution >= 4 is 148 Å². The number of carboxylic acid groups (broad SMARTS) is 1. The molecule has 0 aliphatic carbocycles. The summed E-state index contributed by atoms with van der Waals surface area (Å²) >= 11 is 3.68. The van der Waals surface area contributed by atoms with Crippen LogP contribution in [0.4, 0.5) is 34.1 Å². The number of aliphatic carboxylic acids is 1. The highest BCUT2D eigenvalue weighted by molar-refractivity contribution is 8.04. The first-order chi connectivity index (χ1) is 60.3. The van der Waals surface area contributed by atoms with Crippen LogP contribution in [-0.2, 0) is 45.4 Å². The number of aryl methyl sites for hydroxylation is 3. The maximum Gasteiger partial charge on any atom is 0.303 e. The number of aromatic nitrogens is 3. The standard InChI is InChI=1S/C51H63N7O2S.C28H41N5O.C24H24N2O2S.ClH/c1-54(2)40-27-25-38-35-39-26-28-41(55(3)4)37-47(39)58(46(38)36-40)33-18-7-10-24-50(60)53-31-16-8-15-30-52-49(59)23-9-6-17-32-57-34-29-43(42-19-11-12-20-44(42)57)51-56(5)45-21-13-14-22-48(45)61-51;1-30-21-22-11-12-23-19-24-13-14-25(32(2)3)20-27(24)33(26(23)18-22)17-9-4-6-10-28(34)31-16-8-5-7-15-29;1-25-21-11-6-7-12-22(21)29-23(25)17-18-14-16-26(15-8-2-3-13-24(27)28)20-10-5-4-9-19(18)20;/h11-14,19-22,25-29,34-37H,6-10,15-18,23-24,30-33H2,1-5H3,(H-,52,53,59,60);11-14,18-20,30H,4-10,15-17,21,29H2,1-3H3;4-7,9-12,14,16-17H,2-3,8,13,15H2,1H3;1H/p+3/b51-43+;;;. The second-order valence-electron chi connectivity index (χ2n) is 33.6.